The van der Waals surface area contributed by atoms with E-state index in [1.54, 1.807) is 22.9 Å². The number of halogens is 2. The van der Waals surface area contributed by atoms with Crippen molar-refractivity contribution in [1.82, 2.24) is 14.8 Å². The van der Waals surface area contributed by atoms with Crippen molar-refractivity contribution < 1.29 is 4.79 Å². The number of piperidine rings is 1. The Kier molecular flexibility index (Phi) is 6.48. The van der Waals surface area contributed by atoms with Crippen molar-refractivity contribution in [2.24, 2.45) is 5.41 Å². The fraction of sp³-hybridized carbons (Fsp3) is 0.429. The van der Waals surface area contributed by atoms with Crippen LogP contribution in [0.25, 0.3) is 0 Å². The third-order valence-corrected chi connectivity index (χ3v) is 6.34. The molecule has 1 aromatic heterocycles. The second kappa shape index (κ2) is 8.68. The topological polar surface area (TPSA) is 54.3 Å². The predicted molar refractivity (Wildman–Crippen MR) is 114 cm³/mol. The maximum absolute atomic E-state index is 13.0. The van der Waals surface area contributed by atoms with Crippen molar-refractivity contribution in [3.63, 3.8) is 0 Å². The highest BCUT2D eigenvalue weighted by Gasteiger charge is 2.38. The number of benzene rings is 1. The zero-order valence-corrected chi connectivity index (χ0v) is 17.3. The van der Waals surface area contributed by atoms with Crippen LogP contribution in [-0.2, 0) is 6.54 Å². The Labute approximate surface area is 176 Å². The third-order valence-electron chi connectivity index (χ3n) is 5.97. The lowest BCUT2D eigenvalue weighted by Crippen LogP contribution is -2.44. The Hall–Kier alpha value is -1.82. The summed E-state index contributed by atoms with van der Waals surface area (Å²) in [5.41, 5.74) is 1.65. The number of hydrogen-bond acceptors (Lipinski definition) is 3. The maximum atomic E-state index is 13.0. The first kappa shape index (κ1) is 20.9. The van der Waals surface area contributed by atoms with Gasteiger partial charge < -0.3 is 14.8 Å². The summed E-state index contributed by atoms with van der Waals surface area (Å²) in [7, 11) is 0. The standard InChI is InChI=1S/C21H24ClN3O2.ClH/c22-18-4-2-1-3-16(18)13-25-14-17(5-6-19(25)26)20(27)24-11-8-21(9-12-24)7-10-23-15-21;/h1-6,14,23H,7-13,15H2;1H. The summed E-state index contributed by atoms with van der Waals surface area (Å²) in [5, 5.41) is 4.07. The second-order valence-electron chi connectivity index (χ2n) is 7.69. The van der Waals surface area contributed by atoms with Gasteiger partial charge in [0.05, 0.1) is 12.1 Å². The minimum Gasteiger partial charge on any atom is -0.339 e. The van der Waals surface area contributed by atoms with Gasteiger partial charge in [-0.05, 0) is 48.9 Å². The van der Waals surface area contributed by atoms with Gasteiger partial charge in [-0.15, -0.1) is 12.4 Å². The zero-order valence-electron chi connectivity index (χ0n) is 15.7. The first-order valence-corrected chi connectivity index (χ1v) is 9.88. The fourth-order valence-electron chi connectivity index (χ4n) is 4.18. The van der Waals surface area contributed by atoms with Crippen molar-refractivity contribution in [3.05, 3.63) is 69.1 Å². The van der Waals surface area contributed by atoms with Crippen LogP contribution in [0.4, 0.5) is 0 Å². The van der Waals surface area contributed by atoms with E-state index in [1.165, 1.54) is 12.5 Å². The lowest BCUT2D eigenvalue weighted by Gasteiger charge is -2.38. The average molecular weight is 422 g/mol. The van der Waals surface area contributed by atoms with Crippen LogP contribution in [0.3, 0.4) is 0 Å². The highest BCUT2D eigenvalue weighted by atomic mass is 35.5. The van der Waals surface area contributed by atoms with Crippen molar-refractivity contribution in [1.29, 1.82) is 0 Å². The summed E-state index contributed by atoms with van der Waals surface area (Å²) >= 11 is 6.21. The smallest absolute Gasteiger partial charge is 0.255 e. The molecule has 0 aliphatic carbocycles. The maximum Gasteiger partial charge on any atom is 0.255 e. The molecule has 1 aromatic carbocycles. The molecule has 3 heterocycles. The number of carbonyl (C=O) groups is 1. The molecule has 150 valence electrons. The minimum absolute atomic E-state index is 0. The quantitative estimate of drug-likeness (QED) is 0.827. The van der Waals surface area contributed by atoms with E-state index < -0.39 is 0 Å². The molecule has 1 amide bonds. The largest absolute Gasteiger partial charge is 0.339 e. The molecule has 28 heavy (non-hydrogen) atoms. The Bertz CT molecular complexity index is 897. The molecular weight excluding hydrogens is 397 g/mol. The third kappa shape index (κ3) is 4.27. The average Bonchev–Trinajstić information content (AvgIpc) is 3.13. The normalized spacial score (nSPS) is 18.1. The van der Waals surface area contributed by atoms with E-state index >= 15 is 0 Å². The molecule has 5 nitrogen and oxygen atoms in total. The van der Waals surface area contributed by atoms with Crippen LogP contribution in [0.5, 0.6) is 0 Å². The van der Waals surface area contributed by atoms with Gasteiger partial charge in [0.15, 0.2) is 0 Å². The van der Waals surface area contributed by atoms with Crippen LogP contribution >= 0.6 is 24.0 Å². The highest BCUT2D eigenvalue weighted by Crippen LogP contribution is 2.37. The number of carbonyl (C=O) groups excluding carboxylic acids is 1. The van der Waals surface area contributed by atoms with Crippen molar-refractivity contribution >= 4 is 29.9 Å². The van der Waals surface area contributed by atoms with Gasteiger partial charge >= 0.3 is 0 Å². The fourth-order valence-corrected chi connectivity index (χ4v) is 4.38. The van der Waals surface area contributed by atoms with Gasteiger partial charge in [-0.25, -0.2) is 0 Å². The minimum atomic E-state index is -0.138. The van der Waals surface area contributed by atoms with Gasteiger partial charge in [0, 0.05) is 36.9 Å². The summed E-state index contributed by atoms with van der Waals surface area (Å²) < 4.78 is 1.56. The lowest BCUT2D eigenvalue weighted by molar-refractivity contribution is 0.0607. The number of nitrogens with zero attached hydrogens (tertiary/aromatic N) is 2. The van der Waals surface area contributed by atoms with E-state index in [-0.39, 0.29) is 23.9 Å². The number of likely N-dealkylation sites (tertiary alicyclic amines) is 1. The van der Waals surface area contributed by atoms with Gasteiger partial charge in [0.2, 0.25) is 0 Å². The number of amides is 1. The zero-order chi connectivity index (χ0) is 18.9. The first-order chi connectivity index (χ1) is 13.1. The van der Waals surface area contributed by atoms with Crippen LogP contribution in [0.1, 0.15) is 35.2 Å². The summed E-state index contributed by atoms with van der Waals surface area (Å²) in [5.74, 6) is 0.00344. The molecule has 0 radical (unpaired) electrons. The van der Waals surface area contributed by atoms with Gasteiger partial charge in [0.1, 0.15) is 0 Å². The molecule has 2 aliphatic rings. The summed E-state index contributed by atoms with van der Waals surface area (Å²) in [4.78, 5) is 27.1. The number of rotatable bonds is 3. The van der Waals surface area contributed by atoms with E-state index in [2.05, 4.69) is 5.32 Å². The number of nitrogens with one attached hydrogen (secondary N) is 1. The first-order valence-electron chi connectivity index (χ1n) is 9.50. The van der Waals surface area contributed by atoms with E-state index in [4.69, 9.17) is 11.6 Å². The molecule has 1 spiro atoms. The summed E-state index contributed by atoms with van der Waals surface area (Å²) in [6.45, 7) is 4.07. The van der Waals surface area contributed by atoms with Gasteiger partial charge in [0.25, 0.3) is 11.5 Å². The molecule has 2 fully saturated rings. The molecular formula is C21H25Cl2N3O2. The molecule has 1 N–H and O–H groups in total. The summed E-state index contributed by atoms with van der Waals surface area (Å²) in [6, 6.07) is 10.5. The van der Waals surface area contributed by atoms with Gasteiger partial charge in [-0.2, -0.15) is 0 Å². The molecule has 2 aromatic rings. The van der Waals surface area contributed by atoms with Gasteiger partial charge in [-0.1, -0.05) is 29.8 Å². The van der Waals surface area contributed by atoms with Crippen molar-refractivity contribution in [2.75, 3.05) is 26.2 Å². The monoisotopic (exact) mass is 421 g/mol. The Morgan fingerprint density at radius 3 is 2.54 bits per heavy atom. The number of hydrogen-bond donors (Lipinski definition) is 1. The van der Waals surface area contributed by atoms with Crippen molar-refractivity contribution in [2.45, 2.75) is 25.8 Å². The van der Waals surface area contributed by atoms with Crippen LogP contribution in [0.2, 0.25) is 5.02 Å². The molecule has 0 atom stereocenters. The number of pyridine rings is 1. The van der Waals surface area contributed by atoms with Crippen LogP contribution in [0.15, 0.2) is 47.4 Å². The Balaban J connectivity index is 0.00000225. The molecule has 7 heteroatoms. The highest BCUT2D eigenvalue weighted by molar-refractivity contribution is 6.31. The Morgan fingerprint density at radius 2 is 1.86 bits per heavy atom. The molecule has 4 rings (SSSR count). The molecule has 0 unspecified atom stereocenters. The van der Waals surface area contributed by atoms with Crippen molar-refractivity contribution in [3.8, 4) is 0 Å². The predicted octanol–water partition coefficient (Wildman–Crippen LogP) is 3.19. The molecule has 0 bridgehead atoms. The lowest BCUT2D eigenvalue weighted by atomic mass is 9.78. The van der Waals surface area contributed by atoms with Crippen LogP contribution in [0, 0.1) is 5.41 Å². The Morgan fingerprint density at radius 1 is 1.11 bits per heavy atom. The van der Waals surface area contributed by atoms with Gasteiger partial charge in [-0.3, -0.25) is 9.59 Å². The SMILES string of the molecule is Cl.O=C(c1ccc(=O)n(Cc2ccccc2Cl)c1)N1CCC2(CCNC2)CC1. The van der Waals surface area contributed by atoms with Crippen LogP contribution in [-0.4, -0.2) is 41.6 Å². The number of aromatic nitrogens is 1. The van der Waals surface area contributed by atoms with E-state index in [1.807, 2.05) is 23.1 Å². The van der Waals surface area contributed by atoms with Crippen LogP contribution < -0.4 is 10.9 Å². The molecule has 2 saturated heterocycles. The van der Waals surface area contributed by atoms with E-state index in [0.717, 1.165) is 44.6 Å². The summed E-state index contributed by atoms with van der Waals surface area (Å²) in [6.07, 6.45) is 4.96. The van der Waals surface area contributed by atoms with E-state index in [0.29, 0.717) is 22.5 Å². The molecule has 0 saturated carbocycles. The second-order valence-corrected chi connectivity index (χ2v) is 8.10. The molecule has 2 aliphatic heterocycles. The van der Waals surface area contributed by atoms with E-state index in [9.17, 15) is 9.59 Å².